The van der Waals surface area contributed by atoms with E-state index in [9.17, 15) is 22.0 Å². The molecule has 29 heavy (non-hydrogen) atoms. The van der Waals surface area contributed by atoms with Crippen molar-refractivity contribution in [1.29, 1.82) is 0 Å². The predicted molar refractivity (Wildman–Crippen MR) is 106 cm³/mol. The number of sulfonamides is 1. The van der Waals surface area contributed by atoms with Crippen LogP contribution in [0.25, 0.3) is 0 Å². The predicted octanol–water partition coefficient (Wildman–Crippen LogP) is 3.43. The van der Waals surface area contributed by atoms with Gasteiger partial charge in [-0.25, -0.2) is 17.2 Å². The first kappa shape index (κ1) is 21.7. The number of hydrogen-bond donors (Lipinski definition) is 0. The molecular weight excluding hydrogens is 422 g/mol. The lowest BCUT2D eigenvalue weighted by Crippen LogP contribution is -2.54. The van der Waals surface area contributed by atoms with Crippen molar-refractivity contribution in [2.24, 2.45) is 0 Å². The minimum Gasteiger partial charge on any atom is -0.339 e. The van der Waals surface area contributed by atoms with Gasteiger partial charge in [-0.2, -0.15) is 4.31 Å². The summed E-state index contributed by atoms with van der Waals surface area (Å²) in [6.07, 6.45) is 0. The lowest BCUT2D eigenvalue weighted by Gasteiger charge is -2.38. The number of amides is 1. The molecule has 156 valence electrons. The van der Waals surface area contributed by atoms with E-state index in [1.165, 1.54) is 4.31 Å². The molecule has 0 radical (unpaired) electrons. The molecule has 0 unspecified atom stereocenters. The van der Waals surface area contributed by atoms with Crippen LogP contribution in [0.2, 0.25) is 5.02 Å². The van der Waals surface area contributed by atoms with Crippen LogP contribution in [0, 0.1) is 11.6 Å². The van der Waals surface area contributed by atoms with Crippen LogP contribution in [-0.2, 0) is 20.2 Å². The van der Waals surface area contributed by atoms with Crippen molar-refractivity contribution in [1.82, 2.24) is 9.21 Å². The van der Waals surface area contributed by atoms with E-state index in [0.29, 0.717) is 11.1 Å². The normalized spacial score (nSPS) is 16.1. The van der Waals surface area contributed by atoms with Gasteiger partial charge in [-0.05, 0) is 49.7 Å². The first-order chi connectivity index (χ1) is 13.5. The Morgan fingerprint density at radius 2 is 1.55 bits per heavy atom. The lowest BCUT2D eigenvalue weighted by molar-refractivity contribution is -0.137. The van der Waals surface area contributed by atoms with Crippen molar-refractivity contribution in [3.63, 3.8) is 0 Å². The summed E-state index contributed by atoms with van der Waals surface area (Å²) >= 11 is 5.92. The van der Waals surface area contributed by atoms with Crippen molar-refractivity contribution in [3.05, 3.63) is 64.7 Å². The standard InChI is InChI=1S/C20H21ClF2N2O3S/c1-20(2,14-3-5-15(21)6-4-14)19(26)24-9-11-25(12-10-24)29(27,28)16-7-8-17(22)18(23)13-16/h3-8,13H,9-12H2,1-2H3. The summed E-state index contributed by atoms with van der Waals surface area (Å²) < 4.78 is 53.1. The Kier molecular flexibility index (Phi) is 5.98. The SMILES string of the molecule is CC(C)(C(=O)N1CCN(S(=O)(=O)c2ccc(F)c(F)c2)CC1)c1ccc(Cl)cc1. The lowest BCUT2D eigenvalue weighted by atomic mass is 9.83. The molecule has 1 aliphatic heterocycles. The maximum Gasteiger partial charge on any atom is 0.243 e. The summed E-state index contributed by atoms with van der Waals surface area (Å²) in [6, 6.07) is 9.53. The molecule has 0 spiro atoms. The number of benzene rings is 2. The zero-order chi connectivity index (χ0) is 21.4. The van der Waals surface area contributed by atoms with Crippen LogP contribution in [-0.4, -0.2) is 49.7 Å². The van der Waals surface area contributed by atoms with E-state index in [1.54, 1.807) is 29.2 Å². The molecule has 0 N–H and O–H groups in total. The second kappa shape index (κ2) is 8.01. The number of hydrogen-bond acceptors (Lipinski definition) is 3. The van der Waals surface area contributed by atoms with Crippen LogP contribution in [0.5, 0.6) is 0 Å². The highest BCUT2D eigenvalue weighted by molar-refractivity contribution is 7.89. The molecule has 2 aromatic rings. The smallest absolute Gasteiger partial charge is 0.243 e. The Balaban J connectivity index is 1.71. The van der Waals surface area contributed by atoms with Crippen molar-refractivity contribution in [2.45, 2.75) is 24.2 Å². The van der Waals surface area contributed by atoms with Gasteiger partial charge in [0.15, 0.2) is 11.6 Å². The van der Waals surface area contributed by atoms with Crippen LogP contribution in [0.15, 0.2) is 47.4 Å². The summed E-state index contributed by atoms with van der Waals surface area (Å²) in [5, 5.41) is 0.577. The molecule has 1 saturated heterocycles. The van der Waals surface area contributed by atoms with Gasteiger partial charge in [-0.15, -0.1) is 0 Å². The van der Waals surface area contributed by atoms with Gasteiger partial charge >= 0.3 is 0 Å². The summed E-state index contributed by atoms with van der Waals surface area (Å²) in [5.41, 5.74) is 0.00914. The molecule has 5 nitrogen and oxygen atoms in total. The maximum atomic E-state index is 13.4. The third-order valence-corrected chi connectivity index (χ3v) is 7.30. The van der Waals surface area contributed by atoms with Crippen LogP contribution in [0.4, 0.5) is 8.78 Å². The van der Waals surface area contributed by atoms with Crippen molar-refractivity contribution < 1.29 is 22.0 Å². The van der Waals surface area contributed by atoms with Gasteiger partial charge in [0, 0.05) is 31.2 Å². The van der Waals surface area contributed by atoms with Crippen molar-refractivity contribution in [3.8, 4) is 0 Å². The van der Waals surface area contributed by atoms with E-state index in [-0.39, 0.29) is 37.0 Å². The van der Waals surface area contributed by atoms with E-state index in [0.717, 1.165) is 17.7 Å². The molecule has 0 bridgehead atoms. The van der Waals surface area contributed by atoms with Gasteiger partial charge in [0.25, 0.3) is 0 Å². The van der Waals surface area contributed by atoms with Crippen LogP contribution in [0.3, 0.4) is 0 Å². The van der Waals surface area contributed by atoms with Crippen molar-refractivity contribution in [2.75, 3.05) is 26.2 Å². The molecular formula is C20H21ClF2N2O3S. The highest BCUT2D eigenvalue weighted by atomic mass is 35.5. The second-order valence-corrected chi connectivity index (χ2v) is 9.78. The Labute approximate surface area is 173 Å². The fourth-order valence-electron chi connectivity index (χ4n) is 3.30. The number of nitrogens with zero attached hydrogens (tertiary/aromatic N) is 2. The van der Waals surface area contributed by atoms with Gasteiger partial charge in [-0.1, -0.05) is 23.7 Å². The average Bonchev–Trinajstić information content (AvgIpc) is 2.69. The quantitative estimate of drug-likeness (QED) is 0.729. The van der Waals surface area contributed by atoms with E-state index < -0.39 is 27.1 Å². The Hall–Kier alpha value is -2.03. The number of piperazine rings is 1. The second-order valence-electron chi connectivity index (χ2n) is 7.40. The number of rotatable bonds is 4. The van der Waals surface area contributed by atoms with Gasteiger partial charge in [0.05, 0.1) is 10.3 Å². The van der Waals surface area contributed by atoms with Crippen molar-refractivity contribution >= 4 is 27.5 Å². The molecule has 1 amide bonds. The minimum atomic E-state index is -3.97. The monoisotopic (exact) mass is 442 g/mol. The maximum absolute atomic E-state index is 13.4. The molecule has 1 aliphatic rings. The third kappa shape index (κ3) is 4.29. The highest BCUT2D eigenvalue weighted by Gasteiger charge is 2.37. The summed E-state index contributed by atoms with van der Waals surface area (Å²) in [7, 11) is -3.97. The first-order valence-corrected chi connectivity index (χ1v) is 10.9. The zero-order valence-corrected chi connectivity index (χ0v) is 17.6. The number of carbonyl (C=O) groups excluding carboxylic acids is 1. The Morgan fingerprint density at radius 1 is 0.966 bits per heavy atom. The molecule has 0 atom stereocenters. The van der Waals surface area contributed by atoms with Crippen LogP contribution < -0.4 is 0 Å². The third-order valence-electron chi connectivity index (χ3n) is 5.16. The van der Waals surface area contributed by atoms with E-state index >= 15 is 0 Å². The van der Waals surface area contributed by atoms with Crippen LogP contribution in [0.1, 0.15) is 19.4 Å². The summed E-state index contributed by atoms with van der Waals surface area (Å²) in [5.74, 6) is -2.45. The molecule has 0 aliphatic carbocycles. The fourth-order valence-corrected chi connectivity index (χ4v) is 4.86. The number of halogens is 3. The fraction of sp³-hybridized carbons (Fsp3) is 0.350. The van der Waals surface area contributed by atoms with Crippen LogP contribution >= 0.6 is 11.6 Å². The minimum absolute atomic E-state index is 0.0732. The zero-order valence-electron chi connectivity index (χ0n) is 16.0. The summed E-state index contributed by atoms with van der Waals surface area (Å²) in [4.78, 5) is 14.4. The molecule has 0 saturated carbocycles. The number of carbonyl (C=O) groups is 1. The van der Waals surface area contributed by atoms with E-state index in [1.807, 2.05) is 13.8 Å². The molecule has 1 heterocycles. The Morgan fingerprint density at radius 3 is 2.10 bits per heavy atom. The molecule has 9 heteroatoms. The largest absolute Gasteiger partial charge is 0.339 e. The van der Waals surface area contributed by atoms with Gasteiger partial charge in [0.1, 0.15) is 0 Å². The van der Waals surface area contributed by atoms with Gasteiger partial charge in [0.2, 0.25) is 15.9 Å². The highest BCUT2D eigenvalue weighted by Crippen LogP contribution is 2.28. The molecule has 3 rings (SSSR count). The molecule has 1 fully saturated rings. The topological polar surface area (TPSA) is 57.7 Å². The van der Waals surface area contributed by atoms with Gasteiger partial charge < -0.3 is 4.90 Å². The molecule has 2 aromatic carbocycles. The first-order valence-electron chi connectivity index (χ1n) is 9.04. The van der Waals surface area contributed by atoms with E-state index in [2.05, 4.69) is 0 Å². The average molecular weight is 443 g/mol. The van der Waals surface area contributed by atoms with E-state index in [4.69, 9.17) is 11.6 Å². The Bertz CT molecular complexity index is 1020. The summed E-state index contributed by atoms with van der Waals surface area (Å²) in [6.45, 7) is 4.18. The van der Waals surface area contributed by atoms with Gasteiger partial charge in [-0.3, -0.25) is 4.79 Å². The molecule has 0 aromatic heterocycles.